The topological polar surface area (TPSA) is 152 Å². The second-order valence-electron chi connectivity index (χ2n) is 3.05. The summed E-state index contributed by atoms with van der Waals surface area (Å²) in [5.41, 5.74) is -0.272. The molecule has 98 valence electrons. The van der Waals surface area contributed by atoms with Gasteiger partial charge in [-0.05, 0) is 25.3 Å². The molecule has 0 aliphatic heterocycles. The molecule has 4 N–H and O–H groups in total. The third-order valence-electron chi connectivity index (χ3n) is 1.79. The molecule has 1 unspecified atom stereocenters. The van der Waals surface area contributed by atoms with E-state index in [9.17, 15) is 18.9 Å². The zero-order valence-corrected chi connectivity index (χ0v) is 16.7. The number of rotatable bonds is 3. The predicted molar refractivity (Wildman–Crippen MR) is 57.5 cm³/mol. The van der Waals surface area contributed by atoms with E-state index < -0.39 is 20.6 Å². The maximum absolute atomic E-state index is 11.0. The molecule has 1 aromatic carbocycles. The monoisotopic (exact) mass is 348 g/mol. The Balaban J connectivity index is -0.000000853. The Morgan fingerprint density at radius 1 is 1.05 bits per heavy atom. The molecule has 0 saturated heterocycles. The quantitative estimate of drug-likeness (QED) is 0.409. The molecule has 0 radical (unpaired) electrons. The Kier molecular flexibility index (Phi) is 13.2. The van der Waals surface area contributed by atoms with Crippen LogP contribution < -0.4 is 68.9 Å². The van der Waals surface area contributed by atoms with E-state index in [1.807, 2.05) is 0 Å². The van der Waals surface area contributed by atoms with E-state index >= 15 is 0 Å². The van der Waals surface area contributed by atoms with Gasteiger partial charge in [0.15, 0.2) is 0 Å². The van der Waals surface area contributed by atoms with Crippen molar-refractivity contribution in [2.75, 3.05) is 0 Å². The molecule has 7 nitrogen and oxygen atoms in total. The first-order chi connectivity index (χ1) is 7.12. The second-order valence-corrected chi connectivity index (χ2v) is 7.19. The van der Waals surface area contributed by atoms with Gasteiger partial charge in [-0.15, -0.1) is 0 Å². The molecule has 0 aromatic heterocycles. The fourth-order valence-electron chi connectivity index (χ4n) is 1.20. The van der Waals surface area contributed by atoms with Crippen LogP contribution in [0.25, 0.3) is 0 Å². The van der Waals surface area contributed by atoms with Crippen molar-refractivity contribution in [3.63, 3.8) is 0 Å². The largest absolute Gasteiger partial charge is 1.00 e. The Bertz CT molecular complexity index is 449. The van der Waals surface area contributed by atoms with E-state index in [1.165, 1.54) is 12.1 Å². The zero-order valence-electron chi connectivity index (χ0n) is 10.2. The summed E-state index contributed by atoms with van der Waals surface area (Å²) in [6, 6.07) is 4.67. The van der Waals surface area contributed by atoms with Gasteiger partial charge in [0.2, 0.25) is 0 Å². The van der Waals surface area contributed by atoms with Crippen LogP contribution in [0.2, 0.25) is 5.02 Å². The predicted octanol–water partition coefficient (Wildman–Crippen LogP) is -6.39. The zero-order chi connectivity index (χ0) is 12.6. The van der Waals surface area contributed by atoms with Gasteiger partial charge in [-0.2, -0.15) is 0 Å². The maximum Gasteiger partial charge on any atom is 1.00 e. The number of halogens is 1. The van der Waals surface area contributed by atoms with E-state index in [0.29, 0.717) is 0 Å². The van der Waals surface area contributed by atoms with Gasteiger partial charge in [0.25, 0.3) is 0 Å². The minimum Gasteiger partial charge on any atom is -0.810 e. The van der Waals surface area contributed by atoms with E-state index in [2.05, 4.69) is 0 Å². The maximum atomic E-state index is 11.0. The second kappa shape index (κ2) is 9.72. The fourth-order valence-corrected chi connectivity index (χ4v) is 3.89. The molecule has 0 amide bonds. The van der Waals surface area contributed by atoms with Crippen molar-refractivity contribution in [1.82, 2.24) is 0 Å². The average Bonchev–Trinajstić information content (AvgIpc) is 2.03. The van der Waals surface area contributed by atoms with Gasteiger partial charge in [-0.3, -0.25) is 4.57 Å². The summed E-state index contributed by atoms with van der Waals surface area (Å²) in [5, 5.41) is -2.10. The van der Waals surface area contributed by atoms with Gasteiger partial charge >= 0.3 is 66.7 Å². The van der Waals surface area contributed by atoms with Gasteiger partial charge < -0.3 is 29.6 Å². The number of benzene rings is 1. The number of hydrogen-bond donors (Lipinski definition) is 2. The van der Waals surface area contributed by atoms with E-state index in [4.69, 9.17) is 21.4 Å². The first-order valence-corrected chi connectivity index (χ1v) is 7.62. The summed E-state index contributed by atoms with van der Waals surface area (Å²) in [4.78, 5) is 39.3. The van der Waals surface area contributed by atoms with Gasteiger partial charge in [0.1, 0.15) is 5.40 Å². The molecule has 0 aliphatic carbocycles. The molecule has 0 saturated carbocycles. The van der Waals surface area contributed by atoms with Gasteiger partial charge in [-0.25, -0.2) is 0 Å². The number of hydrogen-bond acceptors (Lipinski definition) is 4. The molecule has 0 bridgehead atoms. The summed E-state index contributed by atoms with van der Waals surface area (Å²) in [5.74, 6) is 0. The van der Waals surface area contributed by atoms with Crippen LogP contribution in [-0.4, -0.2) is 15.3 Å². The molecule has 0 fully saturated rings. The Morgan fingerprint density at radius 3 is 1.68 bits per heavy atom. The molecule has 12 heteroatoms. The molecule has 0 spiro atoms. The molecule has 0 heterocycles. The van der Waals surface area contributed by atoms with Crippen molar-refractivity contribution in [2.45, 2.75) is 5.40 Å². The van der Waals surface area contributed by atoms with Crippen molar-refractivity contribution in [3.8, 4) is 0 Å². The molecular weight excluding hydrogens is 339 g/mol. The van der Waals surface area contributed by atoms with Crippen LogP contribution in [0.3, 0.4) is 0 Å². The third-order valence-corrected chi connectivity index (χ3v) is 5.62. The normalized spacial score (nSPS) is 12.5. The van der Waals surface area contributed by atoms with Crippen molar-refractivity contribution >= 4 is 26.8 Å². The minimum atomic E-state index is -5.44. The standard InChI is InChI=1S/C7H9ClO6P2.2Na.H2O/c8-6-3-1-5(2-4-6)7(15(9,10)11)16(12,13)14;;;/h1-4,7H,(H2,9,10,11)(H2,12,13,14);;;1H2/q;2*+1;/p-2. The SMILES string of the molecule is O.O=P([O-])([O-])C(c1ccc(Cl)cc1)P(=O)(O)O.[Na+].[Na+]. The van der Waals surface area contributed by atoms with Crippen molar-refractivity contribution in [1.29, 1.82) is 0 Å². The van der Waals surface area contributed by atoms with Crippen molar-refractivity contribution in [3.05, 3.63) is 34.9 Å². The van der Waals surface area contributed by atoms with Crippen LogP contribution in [0.1, 0.15) is 11.0 Å². The Morgan fingerprint density at radius 2 is 1.42 bits per heavy atom. The van der Waals surface area contributed by atoms with Gasteiger partial charge in [0, 0.05) is 5.02 Å². The molecule has 1 atom stereocenters. The minimum absolute atomic E-state index is 0. The third kappa shape index (κ3) is 8.10. The first kappa shape index (κ1) is 25.7. The Labute approximate surface area is 159 Å². The van der Waals surface area contributed by atoms with Crippen LogP contribution in [0.4, 0.5) is 0 Å². The smallest absolute Gasteiger partial charge is 0.810 e. The van der Waals surface area contributed by atoms with Crippen molar-refractivity contribution < 1.29 is 93.3 Å². The fraction of sp³-hybridized carbons (Fsp3) is 0.143. The van der Waals surface area contributed by atoms with E-state index in [1.54, 1.807) is 0 Å². The summed E-state index contributed by atoms with van der Waals surface area (Å²) in [7, 11) is -10.5. The molecule has 0 aliphatic rings. The summed E-state index contributed by atoms with van der Waals surface area (Å²) in [6.07, 6.45) is 0. The van der Waals surface area contributed by atoms with Gasteiger partial charge in [-0.1, -0.05) is 23.7 Å². The van der Waals surface area contributed by atoms with Crippen LogP contribution in [0, 0.1) is 0 Å². The Hall–Kier alpha value is 1.77. The molecular formula is C7H9ClNa2O7P2. The van der Waals surface area contributed by atoms with Crippen LogP contribution in [0.5, 0.6) is 0 Å². The van der Waals surface area contributed by atoms with E-state index in [-0.39, 0.29) is 75.2 Å². The van der Waals surface area contributed by atoms with Crippen molar-refractivity contribution in [2.24, 2.45) is 0 Å². The molecule has 1 aromatic rings. The first-order valence-electron chi connectivity index (χ1n) is 3.95. The molecule has 19 heavy (non-hydrogen) atoms. The molecule has 1 rings (SSSR count). The summed E-state index contributed by atoms with van der Waals surface area (Å²) in [6.45, 7) is 0. The average molecular weight is 349 g/mol. The van der Waals surface area contributed by atoms with Crippen LogP contribution >= 0.6 is 26.8 Å². The summed E-state index contributed by atoms with van der Waals surface area (Å²) >= 11 is 5.53. The van der Waals surface area contributed by atoms with Crippen LogP contribution in [0.15, 0.2) is 24.3 Å². The van der Waals surface area contributed by atoms with Crippen LogP contribution in [-0.2, 0) is 9.13 Å². The van der Waals surface area contributed by atoms with Gasteiger partial charge in [0.05, 0.1) is 0 Å². The van der Waals surface area contributed by atoms with E-state index in [0.717, 1.165) is 12.1 Å². The summed E-state index contributed by atoms with van der Waals surface area (Å²) < 4.78 is 21.8.